The van der Waals surface area contributed by atoms with Gasteiger partial charge in [-0.3, -0.25) is 10.1 Å². The molecule has 0 saturated carbocycles. The molecule has 2 aromatic rings. The lowest BCUT2D eigenvalue weighted by atomic mass is 10.2. The van der Waals surface area contributed by atoms with Gasteiger partial charge in [-0.2, -0.15) is 0 Å². The number of hydrogen-bond donors (Lipinski definition) is 1. The third-order valence-electron chi connectivity index (χ3n) is 2.69. The summed E-state index contributed by atoms with van der Waals surface area (Å²) in [6, 6.07) is 7.09. The molecular weight excluding hydrogens is 324 g/mol. The Balaban J connectivity index is 2.03. The molecule has 114 valence electrons. The fourth-order valence-electron chi connectivity index (χ4n) is 1.62. The Labute approximate surface area is 136 Å². The Morgan fingerprint density at radius 3 is 2.64 bits per heavy atom. The molecule has 0 saturated heterocycles. The topological polar surface area (TPSA) is 68.3 Å². The molecule has 0 aliphatic heterocycles. The van der Waals surface area contributed by atoms with Gasteiger partial charge in [-0.25, -0.2) is 9.78 Å². The lowest BCUT2D eigenvalue weighted by Crippen LogP contribution is -2.07. The minimum absolute atomic E-state index is 0.333. The molecule has 1 heterocycles. The van der Waals surface area contributed by atoms with Gasteiger partial charge in [0.05, 0.1) is 12.8 Å². The highest BCUT2D eigenvalue weighted by atomic mass is 35.5. The van der Waals surface area contributed by atoms with Gasteiger partial charge >= 0.3 is 5.97 Å². The molecule has 0 aliphatic carbocycles. The number of nitrogens with zero attached hydrogens (tertiary/aromatic N) is 1. The first-order chi connectivity index (χ1) is 10.5. The molecule has 0 atom stereocenters. The predicted octanol–water partition coefficient (Wildman–Crippen LogP) is 3.54. The summed E-state index contributed by atoms with van der Waals surface area (Å²) in [5.74, 6) is -0.799. The first kappa shape index (κ1) is 16.2. The number of benzene rings is 1. The predicted molar refractivity (Wildman–Crippen MR) is 87.3 cm³/mol. The summed E-state index contributed by atoms with van der Waals surface area (Å²) < 4.78 is 4.64. The molecule has 0 radical (unpaired) electrons. The van der Waals surface area contributed by atoms with Gasteiger partial charge < -0.3 is 4.74 Å². The van der Waals surface area contributed by atoms with E-state index in [1.165, 1.54) is 13.2 Å². The van der Waals surface area contributed by atoms with Crippen molar-refractivity contribution in [3.05, 3.63) is 51.5 Å². The zero-order valence-corrected chi connectivity index (χ0v) is 13.5. The number of aryl methyl sites for hydroxylation is 1. The minimum atomic E-state index is -0.466. The highest BCUT2D eigenvalue weighted by molar-refractivity contribution is 7.17. The molecule has 1 aromatic heterocycles. The number of halogens is 1. The first-order valence-electron chi connectivity index (χ1n) is 6.30. The van der Waals surface area contributed by atoms with E-state index in [-0.39, 0.29) is 5.91 Å². The molecule has 7 heteroatoms. The van der Waals surface area contributed by atoms with Crippen molar-refractivity contribution in [2.75, 3.05) is 12.4 Å². The highest BCUT2D eigenvalue weighted by Gasteiger charge is 2.16. The average Bonchev–Trinajstić information content (AvgIpc) is 2.86. The van der Waals surface area contributed by atoms with Gasteiger partial charge in [0.1, 0.15) is 4.88 Å². The Hall–Kier alpha value is -2.18. The van der Waals surface area contributed by atoms with E-state index < -0.39 is 5.97 Å². The summed E-state index contributed by atoms with van der Waals surface area (Å²) in [4.78, 5) is 27.8. The number of carbonyl (C=O) groups excluding carboxylic acids is 2. The van der Waals surface area contributed by atoms with Crippen LogP contribution >= 0.6 is 22.9 Å². The Bertz CT molecular complexity index is 723. The van der Waals surface area contributed by atoms with E-state index in [1.807, 2.05) is 0 Å². The van der Waals surface area contributed by atoms with Gasteiger partial charge in [-0.1, -0.05) is 35.1 Å². The second-order valence-electron chi connectivity index (χ2n) is 4.30. The van der Waals surface area contributed by atoms with E-state index in [0.717, 1.165) is 16.9 Å². The van der Waals surface area contributed by atoms with Crippen LogP contribution in [-0.4, -0.2) is 24.0 Å². The first-order valence-corrected chi connectivity index (χ1v) is 7.49. The van der Waals surface area contributed by atoms with E-state index in [1.54, 1.807) is 37.3 Å². The Kier molecular flexibility index (Phi) is 5.30. The third-order valence-corrected chi connectivity index (χ3v) is 4.00. The van der Waals surface area contributed by atoms with Gasteiger partial charge in [0.25, 0.3) is 0 Å². The van der Waals surface area contributed by atoms with Crippen LogP contribution in [-0.2, 0) is 9.53 Å². The second kappa shape index (κ2) is 7.20. The van der Waals surface area contributed by atoms with Crippen LogP contribution in [0, 0.1) is 6.92 Å². The maximum absolute atomic E-state index is 11.8. The monoisotopic (exact) mass is 336 g/mol. The number of carbonyl (C=O) groups is 2. The number of amides is 1. The number of esters is 1. The van der Waals surface area contributed by atoms with Gasteiger partial charge in [0.15, 0.2) is 5.13 Å². The molecular formula is C15H13ClN2O3S. The normalized spacial score (nSPS) is 10.7. The van der Waals surface area contributed by atoms with Crippen LogP contribution < -0.4 is 5.32 Å². The number of aromatic nitrogens is 1. The van der Waals surface area contributed by atoms with Crippen molar-refractivity contribution < 1.29 is 14.3 Å². The van der Waals surface area contributed by atoms with E-state index in [2.05, 4.69) is 15.0 Å². The van der Waals surface area contributed by atoms with Crippen LogP contribution in [0.5, 0.6) is 0 Å². The summed E-state index contributed by atoms with van der Waals surface area (Å²) in [6.45, 7) is 1.68. The Morgan fingerprint density at radius 2 is 2.00 bits per heavy atom. The van der Waals surface area contributed by atoms with Crippen molar-refractivity contribution in [3.8, 4) is 0 Å². The number of rotatable bonds is 4. The summed E-state index contributed by atoms with van der Waals surface area (Å²) >= 11 is 6.86. The molecule has 0 aliphatic rings. The number of thiazole rings is 1. The standard InChI is InChI=1S/C15H13ClN2O3S/c1-9-13(14(20)21-2)22-15(17-9)18-12(19)8-5-10-3-6-11(16)7-4-10/h3-8H,1-2H3,(H,17,18,19). The second-order valence-corrected chi connectivity index (χ2v) is 5.73. The Morgan fingerprint density at radius 1 is 1.32 bits per heavy atom. The number of nitrogens with one attached hydrogen (secondary N) is 1. The molecule has 0 unspecified atom stereocenters. The van der Waals surface area contributed by atoms with Crippen molar-refractivity contribution in [1.82, 2.24) is 4.98 Å². The third kappa shape index (κ3) is 4.16. The molecule has 5 nitrogen and oxygen atoms in total. The lowest BCUT2D eigenvalue weighted by Gasteiger charge is -1.96. The average molecular weight is 337 g/mol. The fourth-order valence-corrected chi connectivity index (χ4v) is 2.64. The molecule has 0 bridgehead atoms. The molecule has 0 fully saturated rings. The molecule has 0 spiro atoms. The van der Waals surface area contributed by atoms with Crippen LogP contribution in [0.15, 0.2) is 30.3 Å². The quantitative estimate of drug-likeness (QED) is 0.685. The van der Waals surface area contributed by atoms with Crippen molar-refractivity contribution in [2.45, 2.75) is 6.92 Å². The SMILES string of the molecule is COC(=O)c1sc(NC(=O)C=Cc2ccc(Cl)cc2)nc1C. The van der Waals surface area contributed by atoms with Crippen molar-refractivity contribution in [2.24, 2.45) is 0 Å². The van der Waals surface area contributed by atoms with E-state index in [0.29, 0.717) is 20.7 Å². The maximum Gasteiger partial charge on any atom is 0.350 e. The molecule has 1 aromatic carbocycles. The lowest BCUT2D eigenvalue weighted by molar-refractivity contribution is -0.111. The van der Waals surface area contributed by atoms with Crippen LogP contribution in [0.4, 0.5) is 5.13 Å². The van der Waals surface area contributed by atoms with E-state index >= 15 is 0 Å². The fraction of sp³-hybridized carbons (Fsp3) is 0.133. The maximum atomic E-state index is 11.8. The summed E-state index contributed by atoms with van der Waals surface area (Å²) in [6.07, 6.45) is 3.05. The van der Waals surface area contributed by atoms with Crippen molar-refractivity contribution in [1.29, 1.82) is 0 Å². The summed E-state index contributed by atoms with van der Waals surface area (Å²) in [5, 5.41) is 3.60. The smallest absolute Gasteiger partial charge is 0.350 e. The van der Waals surface area contributed by atoms with Crippen LogP contribution in [0.1, 0.15) is 20.9 Å². The molecule has 2 rings (SSSR count). The number of hydrogen-bond acceptors (Lipinski definition) is 5. The zero-order valence-electron chi connectivity index (χ0n) is 11.9. The highest BCUT2D eigenvalue weighted by Crippen LogP contribution is 2.23. The van der Waals surface area contributed by atoms with Crippen LogP contribution in [0.3, 0.4) is 0 Å². The number of methoxy groups -OCH3 is 1. The van der Waals surface area contributed by atoms with Gasteiger partial charge in [0, 0.05) is 11.1 Å². The van der Waals surface area contributed by atoms with Crippen LogP contribution in [0.25, 0.3) is 6.08 Å². The van der Waals surface area contributed by atoms with Crippen molar-refractivity contribution >= 4 is 46.0 Å². The van der Waals surface area contributed by atoms with Crippen molar-refractivity contribution in [3.63, 3.8) is 0 Å². The van der Waals surface area contributed by atoms with Gasteiger partial charge in [-0.15, -0.1) is 0 Å². The van der Waals surface area contributed by atoms with Crippen LogP contribution in [0.2, 0.25) is 5.02 Å². The summed E-state index contributed by atoms with van der Waals surface area (Å²) in [5.41, 5.74) is 1.37. The molecule has 22 heavy (non-hydrogen) atoms. The number of anilines is 1. The molecule has 1 N–H and O–H groups in total. The van der Waals surface area contributed by atoms with E-state index in [9.17, 15) is 9.59 Å². The zero-order chi connectivity index (χ0) is 16.1. The molecule has 1 amide bonds. The van der Waals surface area contributed by atoms with Gasteiger partial charge in [0.2, 0.25) is 5.91 Å². The van der Waals surface area contributed by atoms with E-state index in [4.69, 9.17) is 11.6 Å². The number of ether oxygens (including phenoxy) is 1. The summed E-state index contributed by atoms with van der Waals surface area (Å²) in [7, 11) is 1.30. The largest absolute Gasteiger partial charge is 0.465 e. The van der Waals surface area contributed by atoms with Gasteiger partial charge in [-0.05, 0) is 30.7 Å². The minimum Gasteiger partial charge on any atom is -0.465 e.